The Kier molecular flexibility index (Phi) is 8.43. The van der Waals surface area contributed by atoms with Crippen molar-refractivity contribution >= 4 is 56.1 Å². The summed E-state index contributed by atoms with van der Waals surface area (Å²) in [7, 11) is 0.609. The van der Waals surface area contributed by atoms with Crippen LogP contribution in [0.25, 0.3) is 11.3 Å². The summed E-state index contributed by atoms with van der Waals surface area (Å²) in [6.45, 7) is -0.367. The average molecular weight is 581 g/mol. The van der Waals surface area contributed by atoms with Gasteiger partial charge in [0.2, 0.25) is 15.9 Å². The zero-order valence-corrected chi connectivity index (χ0v) is 23.7. The summed E-state index contributed by atoms with van der Waals surface area (Å²) in [5, 5.41) is 5.94. The molecule has 10 nitrogen and oxygen atoms in total. The zero-order valence-electron chi connectivity index (χ0n) is 22.9. The number of benzene rings is 3. The zero-order chi connectivity index (χ0) is 29.9. The number of halogens is 1. The van der Waals surface area contributed by atoms with E-state index in [9.17, 15) is 27.2 Å². The van der Waals surface area contributed by atoms with Crippen molar-refractivity contribution in [3.05, 3.63) is 89.2 Å². The van der Waals surface area contributed by atoms with Gasteiger partial charge in [-0.2, -0.15) is 0 Å². The summed E-state index contributed by atoms with van der Waals surface area (Å²) in [6.07, 6.45) is 1.04. The van der Waals surface area contributed by atoms with E-state index in [0.29, 0.717) is 33.8 Å². The Morgan fingerprint density at radius 2 is 1.73 bits per heavy atom. The van der Waals surface area contributed by atoms with Crippen LogP contribution in [-0.4, -0.2) is 65.1 Å². The van der Waals surface area contributed by atoms with E-state index in [1.807, 2.05) is 0 Å². The molecule has 0 bridgehead atoms. The first-order chi connectivity index (χ1) is 19.4. The number of hydrogen-bond acceptors (Lipinski definition) is 7. The number of fused-ring (bicyclic) bond motifs is 1. The van der Waals surface area contributed by atoms with Crippen LogP contribution in [0.3, 0.4) is 0 Å². The Labute approximate surface area is 237 Å². The van der Waals surface area contributed by atoms with Gasteiger partial charge in [-0.25, -0.2) is 12.8 Å². The maximum Gasteiger partial charge on any atom is 0.309 e. The van der Waals surface area contributed by atoms with E-state index in [1.165, 1.54) is 44.3 Å². The third kappa shape index (κ3) is 6.72. The van der Waals surface area contributed by atoms with Gasteiger partial charge in [0.15, 0.2) is 0 Å². The molecular weight excluding hydrogens is 551 g/mol. The third-order valence-electron chi connectivity index (χ3n) is 6.37. The van der Waals surface area contributed by atoms with Crippen LogP contribution in [0.2, 0.25) is 0 Å². The molecule has 1 aliphatic rings. The minimum atomic E-state index is -3.77. The standard InChI is InChI=1S/C29H29FN4O6S/c1-33(2)25(35)17-34(41(4,38)39)22-11-9-21(10-12-22)31-28(19-7-5-6-18(14-19)15-26(36)40-3)27-23-13-8-20(30)16-24(23)32-29(27)37/h5-14,16,31H,15,17H2,1-4H3,(H,32,37)/b28-27-. The fourth-order valence-electron chi connectivity index (χ4n) is 4.27. The van der Waals surface area contributed by atoms with E-state index >= 15 is 0 Å². The monoisotopic (exact) mass is 580 g/mol. The second-order valence-electron chi connectivity index (χ2n) is 9.58. The van der Waals surface area contributed by atoms with Crippen molar-refractivity contribution in [1.82, 2.24) is 4.90 Å². The molecule has 0 spiro atoms. The first-order valence-corrected chi connectivity index (χ1v) is 14.3. The Hall–Kier alpha value is -4.71. The Bertz CT molecular complexity index is 1650. The molecule has 1 heterocycles. The second kappa shape index (κ2) is 11.8. The molecule has 214 valence electrons. The van der Waals surface area contributed by atoms with Gasteiger partial charge in [-0.3, -0.25) is 18.7 Å². The van der Waals surface area contributed by atoms with Crippen LogP contribution in [0.1, 0.15) is 16.7 Å². The predicted octanol–water partition coefficient (Wildman–Crippen LogP) is 3.33. The number of nitrogens with one attached hydrogen (secondary N) is 2. The van der Waals surface area contributed by atoms with Crippen molar-refractivity contribution in [2.24, 2.45) is 0 Å². The van der Waals surface area contributed by atoms with Gasteiger partial charge in [0.25, 0.3) is 5.91 Å². The van der Waals surface area contributed by atoms with E-state index in [1.54, 1.807) is 48.5 Å². The van der Waals surface area contributed by atoms with Gasteiger partial charge in [0.05, 0.1) is 42.4 Å². The molecule has 3 aromatic rings. The number of hydrogen-bond donors (Lipinski definition) is 2. The van der Waals surface area contributed by atoms with Crippen LogP contribution in [0.5, 0.6) is 0 Å². The molecule has 0 unspecified atom stereocenters. The fourth-order valence-corrected chi connectivity index (χ4v) is 5.12. The maximum atomic E-state index is 13.9. The Morgan fingerprint density at radius 3 is 2.37 bits per heavy atom. The first-order valence-electron chi connectivity index (χ1n) is 12.4. The Morgan fingerprint density at radius 1 is 1.02 bits per heavy atom. The number of esters is 1. The molecule has 41 heavy (non-hydrogen) atoms. The smallest absolute Gasteiger partial charge is 0.309 e. The van der Waals surface area contributed by atoms with Gasteiger partial charge in [-0.05, 0) is 59.7 Å². The summed E-state index contributed by atoms with van der Waals surface area (Å²) < 4.78 is 44.6. The molecule has 4 rings (SSSR count). The molecule has 0 fully saturated rings. The first kappa shape index (κ1) is 29.3. The van der Waals surface area contributed by atoms with Crippen LogP contribution in [0.15, 0.2) is 66.7 Å². The van der Waals surface area contributed by atoms with Crippen molar-refractivity contribution in [1.29, 1.82) is 0 Å². The van der Waals surface area contributed by atoms with Crippen molar-refractivity contribution in [3.8, 4) is 0 Å². The lowest BCUT2D eigenvalue weighted by molar-refractivity contribution is -0.139. The van der Waals surface area contributed by atoms with Crippen LogP contribution in [-0.2, 0) is 35.6 Å². The minimum Gasteiger partial charge on any atom is -0.469 e. The number of anilines is 3. The molecule has 0 aliphatic carbocycles. The molecule has 2 amide bonds. The normalized spacial score (nSPS) is 13.6. The topological polar surface area (TPSA) is 125 Å². The molecule has 3 aromatic carbocycles. The molecular formula is C29H29FN4O6S. The summed E-state index contributed by atoms with van der Waals surface area (Å²) in [4.78, 5) is 38.6. The van der Waals surface area contributed by atoms with Gasteiger partial charge in [0, 0.05) is 25.3 Å². The van der Waals surface area contributed by atoms with Crippen LogP contribution in [0, 0.1) is 5.82 Å². The number of methoxy groups -OCH3 is 1. The van der Waals surface area contributed by atoms with Crippen LogP contribution >= 0.6 is 0 Å². The van der Waals surface area contributed by atoms with Crippen molar-refractivity contribution < 1.29 is 31.9 Å². The summed E-state index contributed by atoms with van der Waals surface area (Å²) >= 11 is 0. The molecule has 12 heteroatoms. The van der Waals surface area contributed by atoms with Gasteiger partial charge in [-0.15, -0.1) is 0 Å². The SMILES string of the molecule is COC(=O)Cc1cccc(/C(Nc2ccc(N(CC(=O)N(C)C)S(C)(=O)=O)cc2)=C2/C(=O)Nc3cc(F)ccc32)c1. The predicted molar refractivity (Wildman–Crippen MR) is 155 cm³/mol. The lowest BCUT2D eigenvalue weighted by atomic mass is 9.98. The molecule has 0 radical (unpaired) electrons. The lowest BCUT2D eigenvalue weighted by Crippen LogP contribution is -2.39. The van der Waals surface area contributed by atoms with Gasteiger partial charge in [0.1, 0.15) is 12.4 Å². The largest absolute Gasteiger partial charge is 0.469 e. The summed E-state index contributed by atoms with van der Waals surface area (Å²) in [5.74, 6) is -1.77. The minimum absolute atomic E-state index is 0.0165. The van der Waals surface area contributed by atoms with Gasteiger partial charge in [-0.1, -0.05) is 18.2 Å². The molecule has 0 saturated heterocycles. The number of carbonyl (C=O) groups is 3. The van der Waals surface area contributed by atoms with Crippen LogP contribution < -0.4 is 14.9 Å². The molecule has 0 aromatic heterocycles. The lowest BCUT2D eigenvalue weighted by Gasteiger charge is -2.24. The molecule has 0 atom stereocenters. The van der Waals surface area contributed by atoms with Crippen molar-refractivity contribution in [2.75, 3.05) is 48.9 Å². The number of amides is 2. The van der Waals surface area contributed by atoms with E-state index in [4.69, 9.17) is 4.74 Å². The van der Waals surface area contributed by atoms with E-state index in [2.05, 4.69) is 10.6 Å². The Balaban J connectivity index is 1.78. The maximum absolute atomic E-state index is 13.9. The number of likely N-dealkylation sites (N-methyl/N-ethyl adjacent to an activating group) is 1. The summed E-state index contributed by atoms with van der Waals surface area (Å²) in [6, 6.07) is 17.3. The highest BCUT2D eigenvalue weighted by molar-refractivity contribution is 7.92. The quantitative estimate of drug-likeness (QED) is 0.294. The number of ether oxygens (including phenoxy) is 1. The molecule has 2 N–H and O–H groups in total. The molecule has 0 saturated carbocycles. The molecule has 1 aliphatic heterocycles. The van der Waals surface area contributed by atoms with Gasteiger partial charge >= 0.3 is 5.97 Å². The third-order valence-corrected chi connectivity index (χ3v) is 7.51. The number of carbonyl (C=O) groups excluding carboxylic acids is 3. The number of nitrogens with zero attached hydrogens (tertiary/aromatic N) is 2. The van der Waals surface area contributed by atoms with Crippen LogP contribution in [0.4, 0.5) is 21.5 Å². The van der Waals surface area contributed by atoms with Crippen molar-refractivity contribution in [3.63, 3.8) is 0 Å². The summed E-state index contributed by atoms with van der Waals surface area (Å²) in [5.41, 5.74) is 3.46. The van der Waals surface area contributed by atoms with Crippen molar-refractivity contribution in [2.45, 2.75) is 6.42 Å². The number of sulfonamides is 1. The van der Waals surface area contributed by atoms with E-state index < -0.39 is 27.7 Å². The highest BCUT2D eigenvalue weighted by atomic mass is 32.2. The van der Waals surface area contributed by atoms with Gasteiger partial charge < -0.3 is 20.3 Å². The number of rotatable bonds is 9. The fraction of sp³-hybridized carbons (Fsp3) is 0.207. The highest BCUT2D eigenvalue weighted by Crippen LogP contribution is 2.38. The van der Waals surface area contributed by atoms with E-state index in [-0.39, 0.29) is 30.1 Å². The average Bonchev–Trinajstić information content (AvgIpc) is 3.24. The highest BCUT2D eigenvalue weighted by Gasteiger charge is 2.29. The van der Waals surface area contributed by atoms with E-state index in [0.717, 1.165) is 10.6 Å². The second-order valence-corrected chi connectivity index (χ2v) is 11.5.